The molecule has 3 heterocycles. The number of carbonyl (C=O) groups excluding carboxylic acids is 2. The van der Waals surface area contributed by atoms with Crippen LogP contribution in [0.4, 0.5) is 10.6 Å². The number of hydrogen-bond acceptors (Lipinski definition) is 8. The van der Waals surface area contributed by atoms with Crippen LogP contribution in [0.1, 0.15) is 71.2 Å². The normalized spacial score (nSPS) is 17.9. The molecule has 0 bridgehead atoms. The molecule has 10 nitrogen and oxygen atoms in total. The summed E-state index contributed by atoms with van der Waals surface area (Å²) in [4.78, 5) is 34.9. The number of halogens is 2. The fourth-order valence-corrected chi connectivity index (χ4v) is 5.85. The van der Waals surface area contributed by atoms with Crippen molar-refractivity contribution < 1.29 is 22.7 Å². The smallest absolute Gasteiger partial charge is 0.410 e. The average molecular weight is 601 g/mol. The zero-order valence-electron chi connectivity index (χ0n) is 22.9. The van der Waals surface area contributed by atoms with Crippen LogP contribution in [0, 0.1) is 5.92 Å². The molecule has 2 aromatic heterocycles. The molecule has 2 amide bonds. The van der Waals surface area contributed by atoms with Crippen molar-refractivity contribution in [1.29, 1.82) is 0 Å². The minimum Gasteiger partial charge on any atom is -0.444 e. The second-order valence-corrected chi connectivity index (χ2v) is 13.7. The molecule has 2 aromatic rings. The van der Waals surface area contributed by atoms with Gasteiger partial charge in [-0.05, 0) is 91.0 Å². The highest BCUT2D eigenvalue weighted by molar-refractivity contribution is 7.90. The number of likely N-dealkylation sites (tertiary alicyclic amines) is 1. The molecule has 0 aromatic carbocycles. The summed E-state index contributed by atoms with van der Waals surface area (Å²) in [7, 11) is -4.28. The van der Waals surface area contributed by atoms with Gasteiger partial charge in [0.25, 0.3) is 15.9 Å². The van der Waals surface area contributed by atoms with Gasteiger partial charge in [-0.2, -0.15) is 8.42 Å². The van der Waals surface area contributed by atoms with E-state index in [9.17, 15) is 18.0 Å². The van der Waals surface area contributed by atoms with E-state index >= 15 is 0 Å². The lowest BCUT2D eigenvalue weighted by atomic mass is 9.92. The fraction of sp³-hybridized carbons (Fsp3) is 0.538. The molecule has 0 radical (unpaired) electrons. The van der Waals surface area contributed by atoms with Gasteiger partial charge in [-0.3, -0.25) is 4.79 Å². The van der Waals surface area contributed by atoms with Crippen LogP contribution < -0.4 is 10.0 Å². The van der Waals surface area contributed by atoms with Crippen LogP contribution in [0.3, 0.4) is 0 Å². The molecule has 1 fully saturated rings. The number of nitrogens with zero attached hydrogens (tertiary/aromatic N) is 3. The van der Waals surface area contributed by atoms with E-state index in [0.717, 1.165) is 19.3 Å². The third-order valence-corrected chi connectivity index (χ3v) is 7.99. The number of nitrogens with one attached hydrogen (secondary N) is 2. The third kappa shape index (κ3) is 8.43. The summed E-state index contributed by atoms with van der Waals surface area (Å²) in [5.74, 6) is -0.287. The molecule has 214 valence electrons. The summed E-state index contributed by atoms with van der Waals surface area (Å²) in [6.45, 7) is 12.3. The summed E-state index contributed by atoms with van der Waals surface area (Å²) in [5.41, 5.74) is -0.987. The molecule has 1 aliphatic heterocycles. The Labute approximate surface area is 239 Å². The van der Waals surface area contributed by atoms with Gasteiger partial charge in [0.05, 0.1) is 5.56 Å². The van der Waals surface area contributed by atoms with Crippen molar-refractivity contribution in [2.24, 2.45) is 5.92 Å². The van der Waals surface area contributed by atoms with E-state index in [1.54, 1.807) is 11.0 Å². The maximum Gasteiger partial charge on any atom is 0.410 e. The van der Waals surface area contributed by atoms with Crippen molar-refractivity contribution in [3.8, 4) is 0 Å². The third-order valence-electron chi connectivity index (χ3n) is 6.26. The molecule has 0 aliphatic carbocycles. The topological polar surface area (TPSA) is 131 Å². The summed E-state index contributed by atoms with van der Waals surface area (Å²) in [6, 6.07) is 7.08. The van der Waals surface area contributed by atoms with E-state index in [0.29, 0.717) is 18.3 Å². The molecule has 39 heavy (non-hydrogen) atoms. The van der Waals surface area contributed by atoms with Crippen LogP contribution in [0.25, 0.3) is 0 Å². The molecule has 3 rings (SSSR count). The van der Waals surface area contributed by atoms with Crippen molar-refractivity contribution in [3.05, 3.63) is 46.2 Å². The van der Waals surface area contributed by atoms with Gasteiger partial charge in [0.2, 0.25) is 0 Å². The van der Waals surface area contributed by atoms with Crippen molar-refractivity contribution in [3.63, 3.8) is 0 Å². The lowest BCUT2D eigenvalue weighted by Crippen LogP contribution is -2.45. The molecular weight excluding hydrogens is 565 g/mol. The quantitative estimate of drug-likeness (QED) is 0.379. The van der Waals surface area contributed by atoms with Gasteiger partial charge in [0.1, 0.15) is 21.7 Å². The molecule has 1 saturated heterocycles. The molecule has 2 N–H and O–H groups in total. The second kappa shape index (κ2) is 11.9. The number of hydrogen-bond donors (Lipinski definition) is 2. The van der Waals surface area contributed by atoms with E-state index in [2.05, 4.69) is 15.3 Å². The molecule has 2 unspecified atom stereocenters. The number of sulfonamides is 1. The van der Waals surface area contributed by atoms with Gasteiger partial charge in [-0.25, -0.2) is 19.5 Å². The Hall–Kier alpha value is -2.63. The summed E-state index contributed by atoms with van der Waals surface area (Å²) in [5, 5.41) is 2.76. The number of ether oxygens (including phenoxy) is 1. The SMILES string of the molecule is CC(CCC1CN(C(=O)OC(C)(C)C)C(C)(C)C1)Nc1cccc(S(=O)(=O)NC(=O)c2ccc(Cl)nc2Cl)n1. The first kappa shape index (κ1) is 30.9. The second-order valence-electron chi connectivity index (χ2n) is 11.4. The number of pyridine rings is 2. The fourth-order valence-electron chi connectivity index (χ4n) is 4.48. The molecular formula is C26H35Cl2N5O5S. The molecule has 0 saturated carbocycles. The van der Waals surface area contributed by atoms with E-state index < -0.39 is 21.5 Å². The standard InChI is InChI=1S/C26H35Cl2N5O5S/c1-16(10-11-17-14-26(5,6)33(15-17)24(35)38-25(2,3)4)29-20-8-7-9-21(31-20)39(36,37)32-23(34)18-12-13-19(27)30-22(18)28/h7-9,12-13,16-17H,10-11,14-15H2,1-6H3,(H,29,31)(H,32,34). The Morgan fingerprint density at radius 1 is 1.18 bits per heavy atom. The van der Waals surface area contributed by atoms with Crippen LogP contribution in [0.2, 0.25) is 10.3 Å². The van der Waals surface area contributed by atoms with E-state index in [1.807, 2.05) is 46.3 Å². The van der Waals surface area contributed by atoms with Gasteiger partial charge in [0, 0.05) is 18.1 Å². The summed E-state index contributed by atoms with van der Waals surface area (Å²) in [6.07, 6.45) is 2.20. The van der Waals surface area contributed by atoms with E-state index in [1.165, 1.54) is 24.3 Å². The highest BCUT2D eigenvalue weighted by Crippen LogP contribution is 2.36. The van der Waals surface area contributed by atoms with Gasteiger partial charge in [-0.1, -0.05) is 29.3 Å². The Balaban J connectivity index is 1.58. The minimum absolute atomic E-state index is 0.0253. The highest BCUT2D eigenvalue weighted by atomic mass is 35.5. The lowest BCUT2D eigenvalue weighted by molar-refractivity contribution is 0.0130. The Morgan fingerprint density at radius 2 is 1.87 bits per heavy atom. The summed E-state index contributed by atoms with van der Waals surface area (Å²) >= 11 is 11.7. The van der Waals surface area contributed by atoms with Crippen molar-refractivity contribution in [2.45, 2.75) is 83.0 Å². The molecule has 0 spiro atoms. The van der Waals surface area contributed by atoms with Gasteiger partial charge >= 0.3 is 6.09 Å². The number of amides is 2. The van der Waals surface area contributed by atoms with Crippen LogP contribution in [0.5, 0.6) is 0 Å². The minimum atomic E-state index is -4.28. The Bertz CT molecular complexity index is 1330. The maximum absolute atomic E-state index is 12.8. The van der Waals surface area contributed by atoms with Crippen LogP contribution in [0.15, 0.2) is 35.4 Å². The van der Waals surface area contributed by atoms with Crippen LogP contribution >= 0.6 is 23.2 Å². The molecule has 2 atom stereocenters. The number of rotatable bonds is 8. The van der Waals surface area contributed by atoms with Gasteiger partial charge < -0.3 is 15.0 Å². The van der Waals surface area contributed by atoms with Gasteiger partial charge in [-0.15, -0.1) is 0 Å². The zero-order chi connectivity index (χ0) is 29.2. The van der Waals surface area contributed by atoms with Crippen molar-refractivity contribution in [2.75, 3.05) is 11.9 Å². The monoisotopic (exact) mass is 599 g/mol. The molecule has 1 aliphatic rings. The zero-order valence-corrected chi connectivity index (χ0v) is 25.2. The predicted octanol–water partition coefficient (Wildman–Crippen LogP) is 5.52. The van der Waals surface area contributed by atoms with Gasteiger partial charge in [0.15, 0.2) is 5.03 Å². The van der Waals surface area contributed by atoms with E-state index in [-0.39, 0.29) is 38.6 Å². The van der Waals surface area contributed by atoms with Crippen LogP contribution in [-0.4, -0.2) is 59.0 Å². The van der Waals surface area contributed by atoms with Crippen molar-refractivity contribution >= 4 is 51.0 Å². The average Bonchev–Trinajstić information content (AvgIpc) is 3.10. The molecule has 13 heteroatoms. The first-order valence-corrected chi connectivity index (χ1v) is 14.8. The first-order chi connectivity index (χ1) is 18.0. The number of anilines is 1. The number of aromatic nitrogens is 2. The lowest BCUT2D eigenvalue weighted by Gasteiger charge is -2.33. The van der Waals surface area contributed by atoms with Crippen molar-refractivity contribution in [1.82, 2.24) is 19.6 Å². The largest absolute Gasteiger partial charge is 0.444 e. The van der Waals surface area contributed by atoms with E-state index in [4.69, 9.17) is 27.9 Å². The number of carbonyl (C=O) groups is 2. The maximum atomic E-state index is 12.8. The predicted molar refractivity (Wildman–Crippen MR) is 151 cm³/mol. The Morgan fingerprint density at radius 3 is 2.51 bits per heavy atom. The van der Waals surface area contributed by atoms with Crippen LogP contribution in [-0.2, 0) is 14.8 Å². The Kier molecular flexibility index (Phi) is 9.39. The highest BCUT2D eigenvalue weighted by Gasteiger charge is 2.42. The summed E-state index contributed by atoms with van der Waals surface area (Å²) < 4.78 is 33.2. The first-order valence-electron chi connectivity index (χ1n) is 12.6.